The van der Waals surface area contributed by atoms with E-state index in [1.165, 1.54) is 0 Å². The van der Waals surface area contributed by atoms with Crippen molar-refractivity contribution in [2.24, 2.45) is 0 Å². The van der Waals surface area contributed by atoms with Crippen LogP contribution < -0.4 is 0 Å². The van der Waals surface area contributed by atoms with Crippen LogP contribution in [0.25, 0.3) is 5.69 Å². The molecule has 20 heavy (non-hydrogen) atoms. The van der Waals surface area contributed by atoms with Crippen LogP contribution in [0.1, 0.15) is 12.7 Å². The summed E-state index contributed by atoms with van der Waals surface area (Å²) in [5.41, 5.74) is 0.892. The minimum absolute atomic E-state index is 0.0456. The Balaban J connectivity index is 2.47. The predicted molar refractivity (Wildman–Crippen MR) is 84.5 cm³/mol. The average Bonchev–Trinajstić information content (AvgIpc) is 2.79. The number of benzene rings is 1. The van der Waals surface area contributed by atoms with E-state index in [-0.39, 0.29) is 5.75 Å². The van der Waals surface area contributed by atoms with Crippen LogP contribution >= 0.6 is 43.6 Å². The quantitative estimate of drug-likeness (QED) is 0.749. The lowest BCUT2D eigenvalue weighted by atomic mass is 10.3. The molecular formula is C12H11Br2N3O2S. The summed E-state index contributed by atoms with van der Waals surface area (Å²) in [6.45, 7) is 1.99. The molecule has 1 aromatic carbocycles. The third-order valence-corrected chi connectivity index (χ3v) is 4.53. The molecule has 0 radical (unpaired) electrons. The van der Waals surface area contributed by atoms with Gasteiger partial charge in [0.15, 0.2) is 5.16 Å². The number of hydrogen-bond donors (Lipinski definition) is 1. The summed E-state index contributed by atoms with van der Waals surface area (Å²) >= 11 is 8.08. The molecule has 0 atom stereocenters. The number of aryl methyl sites for hydroxylation is 1. The zero-order valence-corrected chi connectivity index (χ0v) is 14.5. The molecule has 0 fully saturated rings. The highest BCUT2D eigenvalue weighted by Crippen LogP contribution is 2.29. The highest BCUT2D eigenvalue weighted by atomic mass is 79.9. The van der Waals surface area contributed by atoms with Gasteiger partial charge in [0.05, 0.1) is 11.4 Å². The number of hydrogen-bond acceptors (Lipinski definition) is 4. The van der Waals surface area contributed by atoms with Gasteiger partial charge in [-0.3, -0.25) is 9.36 Å². The molecule has 0 aliphatic rings. The first-order valence-corrected chi connectivity index (χ1v) is 8.34. The number of carboxylic acids is 1. The molecule has 2 aromatic rings. The molecule has 0 unspecified atom stereocenters. The van der Waals surface area contributed by atoms with E-state index in [9.17, 15) is 4.79 Å². The summed E-state index contributed by atoms with van der Waals surface area (Å²) in [6.07, 6.45) is 0.711. The number of aromatic nitrogens is 3. The van der Waals surface area contributed by atoms with Crippen molar-refractivity contribution in [1.29, 1.82) is 0 Å². The number of thioether (sulfide) groups is 1. The van der Waals surface area contributed by atoms with Gasteiger partial charge in [-0.1, -0.05) is 34.6 Å². The second-order valence-corrected chi connectivity index (χ2v) is 6.58. The molecule has 2 rings (SSSR count). The van der Waals surface area contributed by atoms with E-state index in [4.69, 9.17) is 5.11 Å². The first-order chi connectivity index (χ1) is 9.52. The standard InChI is InChI=1S/C12H11Br2N3O2S/c1-2-10-15-16-12(20-6-11(18)19)17(10)9-4-3-7(13)5-8(9)14/h3-5H,2,6H2,1H3,(H,18,19). The van der Waals surface area contributed by atoms with Crippen LogP contribution in [-0.4, -0.2) is 31.6 Å². The molecule has 1 heterocycles. The molecule has 8 heteroatoms. The van der Waals surface area contributed by atoms with E-state index in [0.29, 0.717) is 11.6 Å². The van der Waals surface area contributed by atoms with Crippen LogP contribution in [0.3, 0.4) is 0 Å². The zero-order chi connectivity index (χ0) is 14.7. The van der Waals surface area contributed by atoms with Gasteiger partial charge in [-0.25, -0.2) is 0 Å². The first kappa shape index (κ1) is 15.5. The van der Waals surface area contributed by atoms with Crippen LogP contribution in [0.4, 0.5) is 0 Å². The van der Waals surface area contributed by atoms with Gasteiger partial charge in [0.25, 0.3) is 0 Å². The SMILES string of the molecule is CCc1nnc(SCC(=O)O)n1-c1ccc(Br)cc1Br. The molecule has 106 valence electrons. The topological polar surface area (TPSA) is 68.0 Å². The Morgan fingerprint density at radius 3 is 2.75 bits per heavy atom. The van der Waals surface area contributed by atoms with Crippen molar-refractivity contribution in [3.05, 3.63) is 33.0 Å². The van der Waals surface area contributed by atoms with Crippen molar-refractivity contribution >= 4 is 49.6 Å². The van der Waals surface area contributed by atoms with Crippen molar-refractivity contribution < 1.29 is 9.90 Å². The highest BCUT2D eigenvalue weighted by molar-refractivity contribution is 9.11. The third kappa shape index (κ3) is 3.42. The van der Waals surface area contributed by atoms with E-state index in [1.807, 2.05) is 29.7 Å². The Kier molecular flexibility index (Phi) is 5.22. The van der Waals surface area contributed by atoms with E-state index >= 15 is 0 Å². The maximum atomic E-state index is 10.7. The largest absolute Gasteiger partial charge is 0.481 e. The van der Waals surface area contributed by atoms with Gasteiger partial charge in [0, 0.05) is 15.4 Å². The van der Waals surface area contributed by atoms with Gasteiger partial charge in [-0.2, -0.15) is 0 Å². The minimum Gasteiger partial charge on any atom is -0.481 e. The predicted octanol–water partition coefficient (Wildman–Crippen LogP) is 3.53. The van der Waals surface area contributed by atoms with Gasteiger partial charge in [-0.15, -0.1) is 10.2 Å². The van der Waals surface area contributed by atoms with Crippen LogP contribution in [0.2, 0.25) is 0 Å². The summed E-state index contributed by atoms with van der Waals surface area (Å²) in [7, 11) is 0. The van der Waals surface area contributed by atoms with Crippen molar-refractivity contribution in [2.75, 3.05) is 5.75 Å². The minimum atomic E-state index is -0.877. The number of nitrogens with zero attached hydrogens (tertiary/aromatic N) is 3. The highest BCUT2D eigenvalue weighted by Gasteiger charge is 2.16. The lowest BCUT2D eigenvalue weighted by Crippen LogP contribution is -2.05. The Morgan fingerprint density at radius 2 is 2.15 bits per heavy atom. The lowest BCUT2D eigenvalue weighted by molar-refractivity contribution is -0.133. The first-order valence-electron chi connectivity index (χ1n) is 5.77. The fourth-order valence-corrected chi connectivity index (χ4v) is 3.56. The van der Waals surface area contributed by atoms with E-state index in [1.54, 1.807) is 0 Å². The fraction of sp³-hybridized carbons (Fsp3) is 0.250. The Bertz CT molecular complexity index is 646. The number of halogens is 2. The van der Waals surface area contributed by atoms with Crippen molar-refractivity contribution in [2.45, 2.75) is 18.5 Å². The summed E-state index contributed by atoms with van der Waals surface area (Å²) in [4.78, 5) is 10.7. The molecule has 0 aliphatic heterocycles. The number of carbonyl (C=O) groups is 1. The molecule has 0 aliphatic carbocycles. The van der Waals surface area contributed by atoms with Gasteiger partial charge in [0.2, 0.25) is 0 Å². The molecule has 0 amide bonds. The lowest BCUT2D eigenvalue weighted by Gasteiger charge is -2.11. The van der Waals surface area contributed by atoms with Crippen LogP contribution in [0, 0.1) is 0 Å². The maximum absolute atomic E-state index is 10.7. The summed E-state index contributed by atoms with van der Waals surface area (Å²) < 4.78 is 3.72. The van der Waals surface area contributed by atoms with E-state index < -0.39 is 5.97 Å². The normalized spacial score (nSPS) is 10.8. The third-order valence-electron chi connectivity index (χ3n) is 2.49. The van der Waals surface area contributed by atoms with Crippen LogP contribution in [0.5, 0.6) is 0 Å². The molecule has 1 N–H and O–H groups in total. The van der Waals surface area contributed by atoms with E-state index in [0.717, 1.165) is 32.2 Å². The average molecular weight is 421 g/mol. The van der Waals surface area contributed by atoms with Gasteiger partial charge >= 0.3 is 5.97 Å². The Labute approximate surface area is 137 Å². The molecule has 0 bridgehead atoms. The second kappa shape index (κ2) is 6.73. The smallest absolute Gasteiger partial charge is 0.313 e. The summed E-state index contributed by atoms with van der Waals surface area (Å²) in [5, 5.41) is 17.6. The van der Waals surface area contributed by atoms with Crippen molar-refractivity contribution in [3.63, 3.8) is 0 Å². The van der Waals surface area contributed by atoms with Gasteiger partial charge in [-0.05, 0) is 34.1 Å². The summed E-state index contributed by atoms with van der Waals surface area (Å²) in [6, 6.07) is 5.78. The van der Waals surface area contributed by atoms with Crippen LogP contribution in [0.15, 0.2) is 32.3 Å². The molecule has 1 aromatic heterocycles. The molecule has 5 nitrogen and oxygen atoms in total. The molecule has 0 saturated carbocycles. The summed E-state index contributed by atoms with van der Waals surface area (Å²) in [5.74, 6) is -0.130. The molecule has 0 spiro atoms. The maximum Gasteiger partial charge on any atom is 0.313 e. The van der Waals surface area contributed by atoms with Gasteiger partial charge < -0.3 is 5.11 Å². The van der Waals surface area contributed by atoms with Gasteiger partial charge in [0.1, 0.15) is 5.82 Å². The fourth-order valence-electron chi connectivity index (χ4n) is 1.65. The van der Waals surface area contributed by atoms with Crippen molar-refractivity contribution in [3.8, 4) is 5.69 Å². The molecular weight excluding hydrogens is 410 g/mol. The second-order valence-electron chi connectivity index (χ2n) is 3.87. The number of aliphatic carboxylic acids is 1. The number of carboxylic acid groups (broad SMARTS) is 1. The van der Waals surface area contributed by atoms with Crippen LogP contribution in [-0.2, 0) is 11.2 Å². The Morgan fingerprint density at radius 1 is 1.40 bits per heavy atom. The van der Waals surface area contributed by atoms with E-state index in [2.05, 4.69) is 42.1 Å². The monoisotopic (exact) mass is 419 g/mol. The Hall–Kier alpha value is -0.860. The number of rotatable bonds is 5. The zero-order valence-electron chi connectivity index (χ0n) is 10.5. The van der Waals surface area contributed by atoms with Crippen molar-refractivity contribution in [1.82, 2.24) is 14.8 Å². The molecule has 0 saturated heterocycles.